The summed E-state index contributed by atoms with van der Waals surface area (Å²) in [6.07, 6.45) is 0. The van der Waals surface area contributed by atoms with E-state index in [1.165, 1.54) is 13.8 Å². The molecule has 86 valence electrons. The van der Waals surface area contributed by atoms with Crippen molar-refractivity contribution in [1.29, 1.82) is 0 Å². The van der Waals surface area contributed by atoms with E-state index in [0.29, 0.717) is 0 Å². The number of aliphatic hydroxyl groups is 1. The average molecular weight is 210 g/mol. The lowest BCUT2D eigenvalue weighted by molar-refractivity contribution is -0.135. The lowest BCUT2D eigenvalue weighted by Gasteiger charge is -1.59. The SMILES string of the molecule is CC(=O)O.CC(=O)O.CC(C)=O.CO. The highest BCUT2D eigenvalue weighted by Crippen LogP contribution is 1.50. The Morgan fingerprint density at radius 1 is 0.714 bits per heavy atom. The van der Waals surface area contributed by atoms with Gasteiger partial charge in [0.2, 0.25) is 0 Å². The monoisotopic (exact) mass is 210 g/mol. The third kappa shape index (κ3) is 473. The summed E-state index contributed by atoms with van der Waals surface area (Å²) in [4.78, 5) is 27.4. The molecule has 0 rings (SSSR count). The number of hydrogen-bond acceptors (Lipinski definition) is 4. The van der Waals surface area contributed by atoms with Gasteiger partial charge in [0, 0.05) is 21.0 Å². The molecule has 6 heteroatoms. The predicted molar refractivity (Wildman–Crippen MR) is 51.1 cm³/mol. The highest BCUT2D eigenvalue weighted by Gasteiger charge is 1.66. The van der Waals surface area contributed by atoms with Gasteiger partial charge in [-0.05, 0) is 13.8 Å². The van der Waals surface area contributed by atoms with E-state index in [0.717, 1.165) is 21.0 Å². The second-order valence-corrected chi connectivity index (χ2v) is 1.95. The van der Waals surface area contributed by atoms with Crippen LogP contribution in [-0.2, 0) is 14.4 Å². The van der Waals surface area contributed by atoms with Crippen LogP contribution in [0.5, 0.6) is 0 Å². The van der Waals surface area contributed by atoms with Crippen LogP contribution in [0, 0.1) is 0 Å². The van der Waals surface area contributed by atoms with Crippen molar-refractivity contribution < 1.29 is 29.7 Å². The molecular formula is C8H18O6. The zero-order chi connectivity index (χ0) is 12.7. The van der Waals surface area contributed by atoms with Crippen LogP contribution in [0.3, 0.4) is 0 Å². The molecule has 0 aromatic rings. The number of ketones is 1. The first-order chi connectivity index (χ1) is 6.20. The Morgan fingerprint density at radius 2 is 0.714 bits per heavy atom. The maximum atomic E-state index is 9.44. The summed E-state index contributed by atoms with van der Waals surface area (Å²) < 4.78 is 0. The van der Waals surface area contributed by atoms with Crippen LogP contribution in [-0.4, -0.2) is 40.2 Å². The number of carboxylic acid groups (broad SMARTS) is 2. The minimum Gasteiger partial charge on any atom is -0.481 e. The molecule has 0 fully saturated rings. The Morgan fingerprint density at radius 3 is 0.714 bits per heavy atom. The van der Waals surface area contributed by atoms with Crippen LogP contribution in [0.4, 0.5) is 0 Å². The van der Waals surface area contributed by atoms with E-state index in [1.54, 1.807) is 0 Å². The molecule has 0 bridgehead atoms. The number of carboxylic acids is 2. The van der Waals surface area contributed by atoms with E-state index in [9.17, 15) is 4.79 Å². The molecular weight excluding hydrogens is 192 g/mol. The van der Waals surface area contributed by atoms with E-state index in [2.05, 4.69) is 0 Å². The summed E-state index contributed by atoms with van der Waals surface area (Å²) in [5.41, 5.74) is 0. The van der Waals surface area contributed by atoms with E-state index in [4.69, 9.17) is 24.9 Å². The number of carbonyl (C=O) groups is 3. The van der Waals surface area contributed by atoms with Crippen molar-refractivity contribution in [2.75, 3.05) is 7.11 Å². The van der Waals surface area contributed by atoms with Crippen molar-refractivity contribution >= 4 is 17.7 Å². The molecule has 0 amide bonds. The minimum absolute atomic E-state index is 0.167. The van der Waals surface area contributed by atoms with Crippen LogP contribution < -0.4 is 0 Å². The highest BCUT2D eigenvalue weighted by molar-refractivity contribution is 5.72. The molecule has 0 atom stereocenters. The summed E-state index contributed by atoms with van der Waals surface area (Å²) in [6.45, 7) is 5.22. The molecule has 0 aliphatic carbocycles. The third-order valence-electron chi connectivity index (χ3n) is 0. The van der Waals surface area contributed by atoms with Crippen molar-refractivity contribution in [3.63, 3.8) is 0 Å². The van der Waals surface area contributed by atoms with Gasteiger partial charge in [0.05, 0.1) is 0 Å². The maximum absolute atomic E-state index is 9.44. The molecule has 0 saturated heterocycles. The first-order valence-electron chi connectivity index (χ1n) is 3.51. The molecule has 0 aromatic carbocycles. The fourth-order valence-corrected chi connectivity index (χ4v) is 0. The second-order valence-electron chi connectivity index (χ2n) is 1.95. The molecule has 0 aromatic heterocycles. The number of carbonyl (C=O) groups excluding carboxylic acids is 1. The molecule has 0 aliphatic heterocycles. The van der Waals surface area contributed by atoms with Gasteiger partial charge >= 0.3 is 0 Å². The molecule has 0 saturated carbocycles. The van der Waals surface area contributed by atoms with Crippen molar-refractivity contribution in [3.05, 3.63) is 0 Å². The molecule has 14 heavy (non-hydrogen) atoms. The summed E-state index contributed by atoms with van der Waals surface area (Å²) in [7, 11) is 1.00. The van der Waals surface area contributed by atoms with Gasteiger partial charge in [-0.2, -0.15) is 0 Å². The summed E-state index contributed by atoms with van der Waals surface area (Å²) in [6, 6.07) is 0. The first kappa shape index (κ1) is 22.9. The highest BCUT2D eigenvalue weighted by atomic mass is 16.4. The van der Waals surface area contributed by atoms with Crippen molar-refractivity contribution in [3.8, 4) is 0 Å². The Bertz CT molecular complexity index is 111. The molecule has 6 nitrogen and oxygen atoms in total. The summed E-state index contributed by atoms with van der Waals surface area (Å²) in [5.74, 6) is -1.50. The van der Waals surface area contributed by atoms with E-state index in [-0.39, 0.29) is 5.78 Å². The molecule has 0 unspecified atom stereocenters. The van der Waals surface area contributed by atoms with Gasteiger partial charge in [-0.3, -0.25) is 9.59 Å². The topological polar surface area (TPSA) is 112 Å². The van der Waals surface area contributed by atoms with Crippen LogP contribution in [0.1, 0.15) is 27.7 Å². The lowest BCUT2D eigenvalue weighted by atomic mass is 10.6. The average Bonchev–Trinajstić information content (AvgIpc) is 1.86. The Kier molecular flexibility index (Phi) is 36.9. The Hall–Kier alpha value is -1.43. The minimum atomic E-state index is -0.833. The number of Topliss-reactive ketones (excluding diaryl/α,β-unsaturated/α-hetero) is 1. The predicted octanol–water partition coefficient (Wildman–Crippen LogP) is 0.386. The van der Waals surface area contributed by atoms with Gasteiger partial charge in [-0.1, -0.05) is 0 Å². The number of rotatable bonds is 0. The standard InChI is InChI=1S/C3H6O.2C2H4O2.CH4O/c1-3(2)4;2*1-2(3)4;1-2/h1-2H3;2*1H3,(H,3,4);2H,1H3. The zero-order valence-electron chi connectivity index (χ0n) is 9.07. The van der Waals surface area contributed by atoms with Crippen LogP contribution >= 0.6 is 0 Å². The summed E-state index contributed by atoms with van der Waals surface area (Å²) >= 11 is 0. The molecule has 0 aliphatic rings. The van der Waals surface area contributed by atoms with Gasteiger partial charge < -0.3 is 20.1 Å². The Labute approximate surface area is 83.2 Å². The molecule has 0 spiro atoms. The van der Waals surface area contributed by atoms with Gasteiger partial charge in [-0.25, -0.2) is 0 Å². The Balaban J connectivity index is -0.0000000492. The molecule has 0 radical (unpaired) electrons. The van der Waals surface area contributed by atoms with Gasteiger partial charge in [0.15, 0.2) is 0 Å². The van der Waals surface area contributed by atoms with Gasteiger partial charge in [-0.15, -0.1) is 0 Å². The van der Waals surface area contributed by atoms with Gasteiger partial charge in [0.25, 0.3) is 11.9 Å². The number of aliphatic hydroxyl groups excluding tert-OH is 1. The van der Waals surface area contributed by atoms with E-state index in [1.807, 2.05) is 0 Å². The lowest BCUT2D eigenvalue weighted by Crippen LogP contribution is -1.78. The maximum Gasteiger partial charge on any atom is 0.300 e. The third-order valence-corrected chi connectivity index (χ3v) is 0. The van der Waals surface area contributed by atoms with Crippen molar-refractivity contribution in [2.45, 2.75) is 27.7 Å². The molecule has 3 N–H and O–H groups in total. The normalized spacial score (nSPS) is 5.86. The zero-order valence-corrected chi connectivity index (χ0v) is 9.07. The molecule has 0 heterocycles. The van der Waals surface area contributed by atoms with Crippen molar-refractivity contribution in [2.24, 2.45) is 0 Å². The fourth-order valence-electron chi connectivity index (χ4n) is 0. The van der Waals surface area contributed by atoms with E-state index >= 15 is 0 Å². The van der Waals surface area contributed by atoms with Crippen LogP contribution in [0.25, 0.3) is 0 Å². The fraction of sp³-hybridized carbons (Fsp3) is 0.625. The van der Waals surface area contributed by atoms with E-state index < -0.39 is 11.9 Å². The number of aliphatic carboxylic acids is 2. The summed E-state index contributed by atoms with van der Waals surface area (Å²) in [5, 5.41) is 21.8. The first-order valence-corrected chi connectivity index (χ1v) is 3.51. The second kappa shape index (κ2) is 22.6. The largest absolute Gasteiger partial charge is 0.481 e. The van der Waals surface area contributed by atoms with Crippen LogP contribution in [0.15, 0.2) is 0 Å². The van der Waals surface area contributed by atoms with Crippen molar-refractivity contribution in [1.82, 2.24) is 0 Å². The van der Waals surface area contributed by atoms with Crippen LogP contribution in [0.2, 0.25) is 0 Å². The quantitative estimate of drug-likeness (QED) is 0.533. The smallest absolute Gasteiger partial charge is 0.300 e. The number of hydrogen-bond donors (Lipinski definition) is 3. The van der Waals surface area contributed by atoms with Gasteiger partial charge in [0.1, 0.15) is 5.78 Å².